The lowest BCUT2D eigenvalue weighted by Gasteiger charge is -2.18. The maximum Gasteiger partial charge on any atom is 0.314 e. The van der Waals surface area contributed by atoms with Gasteiger partial charge in [-0.25, -0.2) is 0 Å². The first kappa shape index (κ1) is 16.0. The van der Waals surface area contributed by atoms with E-state index in [1.165, 1.54) is 7.11 Å². The van der Waals surface area contributed by atoms with Gasteiger partial charge in [-0.1, -0.05) is 36.4 Å². The van der Waals surface area contributed by atoms with Gasteiger partial charge in [0.1, 0.15) is 0 Å². The summed E-state index contributed by atoms with van der Waals surface area (Å²) in [4.78, 5) is 12.0. The summed E-state index contributed by atoms with van der Waals surface area (Å²) >= 11 is 7.00. The molecule has 0 fully saturated rings. The molecule has 2 rings (SSSR count). The van der Waals surface area contributed by atoms with Gasteiger partial charge >= 0.3 is 5.97 Å². The summed E-state index contributed by atoms with van der Waals surface area (Å²) in [6, 6.07) is 15.4. The molecule has 2 aromatic rings. The minimum Gasteiger partial charge on any atom is -0.468 e. The van der Waals surface area contributed by atoms with Crippen LogP contribution in [0.15, 0.2) is 57.5 Å². The topological polar surface area (TPSA) is 38.3 Å². The lowest BCUT2D eigenvalue weighted by atomic mass is 9.99. The zero-order chi connectivity index (χ0) is 15.2. The lowest BCUT2D eigenvalue weighted by molar-refractivity contribution is -0.142. The van der Waals surface area contributed by atoms with E-state index < -0.39 is 0 Å². The van der Waals surface area contributed by atoms with E-state index >= 15 is 0 Å². The van der Waals surface area contributed by atoms with Crippen molar-refractivity contribution in [2.45, 2.75) is 5.92 Å². The van der Waals surface area contributed by atoms with E-state index in [2.05, 4.69) is 37.2 Å². The number of hydrogen-bond acceptors (Lipinski definition) is 3. The van der Waals surface area contributed by atoms with Crippen molar-refractivity contribution in [1.82, 2.24) is 0 Å². The molecule has 3 nitrogen and oxygen atoms in total. The predicted molar refractivity (Wildman–Crippen MR) is 91.5 cm³/mol. The zero-order valence-corrected chi connectivity index (χ0v) is 14.6. The molecule has 0 aliphatic heterocycles. The highest BCUT2D eigenvalue weighted by molar-refractivity contribution is 9.11. The van der Waals surface area contributed by atoms with Gasteiger partial charge in [0.25, 0.3) is 0 Å². The van der Waals surface area contributed by atoms with Gasteiger partial charge in [0, 0.05) is 15.5 Å². The van der Waals surface area contributed by atoms with E-state index in [0.717, 1.165) is 20.2 Å². The summed E-state index contributed by atoms with van der Waals surface area (Å²) in [6.45, 7) is 0.456. The van der Waals surface area contributed by atoms with E-state index in [9.17, 15) is 4.79 Å². The summed E-state index contributed by atoms with van der Waals surface area (Å²) < 4.78 is 6.79. The highest BCUT2D eigenvalue weighted by Gasteiger charge is 2.21. The van der Waals surface area contributed by atoms with E-state index in [-0.39, 0.29) is 11.9 Å². The van der Waals surface area contributed by atoms with Crippen LogP contribution in [-0.2, 0) is 9.53 Å². The molecule has 0 spiro atoms. The van der Waals surface area contributed by atoms with Crippen LogP contribution in [0.25, 0.3) is 0 Å². The lowest BCUT2D eigenvalue weighted by Crippen LogP contribution is -2.22. The van der Waals surface area contributed by atoms with Crippen molar-refractivity contribution in [1.29, 1.82) is 0 Å². The Balaban J connectivity index is 2.19. The van der Waals surface area contributed by atoms with Crippen LogP contribution in [0.1, 0.15) is 11.5 Å². The second kappa shape index (κ2) is 7.61. The summed E-state index contributed by atoms with van der Waals surface area (Å²) in [5.74, 6) is -0.605. The molecule has 0 saturated heterocycles. The molecular weight excluding hydrogens is 398 g/mol. The first-order valence-corrected chi connectivity index (χ1v) is 8.02. The molecule has 0 aliphatic rings. The van der Waals surface area contributed by atoms with Gasteiger partial charge in [-0.2, -0.15) is 0 Å². The molecule has 0 amide bonds. The fraction of sp³-hybridized carbons (Fsp3) is 0.188. The third kappa shape index (κ3) is 4.08. The molecule has 0 aromatic heterocycles. The summed E-state index contributed by atoms with van der Waals surface area (Å²) in [6.07, 6.45) is 0. The molecule has 5 heteroatoms. The smallest absolute Gasteiger partial charge is 0.314 e. The number of esters is 1. The number of methoxy groups -OCH3 is 1. The number of hydrogen-bond donors (Lipinski definition) is 1. The Morgan fingerprint density at radius 2 is 1.71 bits per heavy atom. The molecule has 110 valence electrons. The van der Waals surface area contributed by atoms with Crippen molar-refractivity contribution in [3.05, 3.63) is 63.0 Å². The minimum absolute atomic E-state index is 0.253. The van der Waals surface area contributed by atoms with Crippen molar-refractivity contribution in [2.75, 3.05) is 19.0 Å². The molecule has 0 saturated carbocycles. The van der Waals surface area contributed by atoms with Gasteiger partial charge in [0.05, 0.1) is 18.7 Å². The van der Waals surface area contributed by atoms with E-state index in [0.29, 0.717) is 6.54 Å². The Labute approximate surface area is 141 Å². The van der Waals surface area contributed by atoms with Gasteiger partial charge < -0.3 is 10.1 Å². The number of nitrogens with one attached hydrogen (secondary N) is 1. The predicted octanol–water partition coefficient (Wildman–Crippen LogP) is 4.58. The number of carbonyl (C=O) groups excluding carboxylic acids is 1. The standard InChI is InChI=1S/C16H15Br2NO2/c1-21-16(20)12(11-6-3-2-4-7-11)10-19-15-13(17)8-5-9-14(15)18/h2-9,12,19H,10H2,1H3. The van der Waals surface area contributed by atoms with Crippen LogP contribution in [0.2, 0.25) is 0 Å². The SMILES string of the molecule is COC(=O)C(CNc1c(Br)cccc1Br)c1ccccc1. The Bertz CT molecular complexity index is 597. The first-order chi connectivity index (χ1) is 10.1. The number of anilines is 1. The summed E-state index contributed by atoms with van der Waals surface area (Å²) in [7, 11) is 1.41. The quantitative estimate of drug-likeness (QED) is 0.730. The first-order valence-electron chi connectivity index (χ1n) is 6.44. The van der Waals surface area contributed by atoms with Crippen molar-refractivity contribution < 1.29 is 9.53 Å². The Morgan fingerprint density at radius 1 is 1.10 bits per heavy atom. The number of carbonyl (C=O) groups is 1. The number of benzene rings is 2. The van der Waals surface area contributed by atoms with Crippen LogP contribution in [0.5, 0.6) is 0 Å². The van der Waals surface area contributed by atoms with Crippen molar-refractivity contribution in [3.8, 4) is 0 Å². The number of ether oxygens (including phenoxy) is 1. The number of halogens is 2. The van der Waals surface area contributed by atoms with Crippen molar-refractivity contribution >= 4 is 43.5 Å². The maximum absolute atomic E-state index is 12.0. The van der Waals surface area contributed by atoms with Gasteiger partial charge in [-0.05, 0) is 49.6 Å². The molecular formula is C16H15Br2NO2. The van der Waals surface area contributed by atoms with Crippen molar-refractivity contribution in [2.24, 2.45) is 0 Å². The van der Waals surface area contributed by atoms with E-state index in [1.807, 2.05) is 48.5 Å². The van der Waals surface area contributed by atoms with Gasteiger partial charge in [-0.15, -0.1) is 0 Å². The highest BCUT2D eigenvalue weighted by Crippen LogP contribution is 2.31. The van der Waals surface area contributed by atoms with Crippen LogP contribution in [0.4, 0.5) is 5.69 Å². The molecule has 21 heavy (non-hydrogen) atoms. The molecule has 1 atom stereocenters. The average Bonchev–Trinajstić information content (AvgIpc) is 2.50. The second-order valence-corrected chi connectivity index (χ2v) is 6.17. The molecule has 2 aromatic carbocycles. The van der Waals surface area contributed by atoms with Gasteiger partial charge in [0.15, 0.2) is 0 Å². The number of para-hydroxylation sites is 1. The van der Waals surface area contributed by atoms with Crippen LogP contribution in [-0.4, -0.2) is 19.6 Å². The fourth-order valence-corrected chi connectivity index (χ4v) is 3.31. The van der Waals surface area contributed by atoms with Crippen molar-refractivity contribution in [3.63, 3.8) is 0 Å². The minimum atomic E-state index is -0.352. The normalized spacial score (nSPS) is 11.8. The summed E-state index contributed by atoms with van der Waals surface area (Å²) in [5.41, 5.74) is 1.85. The molecule has 0 heterocycles. The van der Waals surface area contributed by atoms with E-state index in [4.69, 9.17) is 4.74 Å². The summed E-state index contributed by atoms with van der Waals surface area (Å²) in [5, 5.41) is 3.30. The largest absolute Gasteiger partial charge is 0.468 e. The second-order valence-electron chi connectivity index (χ2n) is 4.46. The molecule has 0 radical (unpaired) electrons. The zero-order valence-electron chi connectivity index (χ0n) is 11.5. The van der Waals surface area contributed by atoms with Crippen LogP contribution >= 0.6 is 31.9 Å². The monoisotopic (exact) mass is 411 g/mol. The Morgan fingerprint density at radius 3 is 2.29 bits per heavy atom. The highest BCUT2D eigenvalue weighted by atomic mass is 79.9. The van der Waals surface area contributed by atoms with Crippen LogP contribution in [0, 0.1) is 0 Å². The Hall–Kier alpha value is -1.33. The molecule has 0 bridgehead atoms. The molecule has 1 N–H and O–H groups in total. The Kier molecular flexibility index (Phi) is 5.82. The third-order valence-electron chi connectivity index (χ3n) is 3.13. The maximum atomic E-state index is 12.0. The van der Waals surface area contributed by atoms with E-state index in [1.54, 1.807) is 0 Å². The van der Waals surface area contributed by atoms with Gasteiger partial charge in [-0.3, -0.25) is 4.79 Å². The average molecular weight is 413 g/mol. The molecule has 0 aliphatic carbocycles. The molecule has 1 unspecified atom stereocenters. The third-order valence-corrected chi connectivity index (χ3v) is 4.46. The van der Waals surface area contributed by atoms with Crippen LogP contribution < -0.4 is 5.32 Å². The fourth-order valence-electron chi connectivity index (χ4n) is 2.04. The number of rotatable bonds is 5. The van der Waals surface area contributed by atoms with Gasteiger partial charge in [0.2, 0.25) is 0 Å². The van der Waals surface area contributed by atoms with Crippen LogP contribution in [0.3, 0.4) is 0 Å².